The lowest BCUT2D eigenvalue weighted by Crippen LogP contribution is -2.23. The van der Waals surface area contributed by atoms with Crippen LogP contribution in [0.25, 0.3) is 0 Å². The van der Waals surface area contributed by atoms with Gasteiger partial charge >= 0.3 is 0 Å². The van der Waals surface area contributed by atoms with Crippen molar-refractivity contribution in [1.29, 1.82) is 0 Å². The minimum absolute atomic E-state index is 0.0142. The minimum Gasteiger partial charge on any atom is -0.347 e. The Labute approximate surface area is 119 Å². The number of carbonyl (C=O) groups is 1. The van der Waals surface area contributed by atoms with Crippen LogP contribution in [0.2, 0.25) is 0 Å². The van der Waals surface area contributed by atoms with Gasteiger partial charge in [-0.2, -0.15) is 0 Å². The highest BCUT2D eigenvalue weighted by Crippen LogP contribution is 2.15. The van der Waals surface area contributed by atoms with Gasteiger partial charge in [0.25, 0.3) is 5.91 Å². The molecule has 1 amide bonds. The van der Waals surface area contributed by atoms with Crippen molar-refractivity contribution in [1.82, 2.24) is 10.3 Å². The van der Waals surface area contributed by atoms with Crippen molar-refractivity contribution in [3.63, 3.8) is 0 Å². The third-order valence-electron chi connectivity index (χ3n) is 2.42. The van der Waals surface area contributed by atoms with E-state index in [1.807, 2.05) is 12.1 Å². The lowest BCUT2D eigenvalue weighted by atomic mass is 10.2. The molecule has 0 spiro atoms. The zero-order valence-electron chi connectivity index (χ0n) is 10.5. The summed E-state index contributed by atoms with van der Waals surface area (Å²) in [4.78, 5) is 17.2. The first-order valence-electron chi connectivity index (χ1n) is 5.86. The van der Waals surface area contributed by atoms with Crippen LogP contribution in [0.5, 0.6) is 0 Å². The molecule has 0 saturated carbocycles. The van der Waals surface area contributed by atoms with Gasteiger partial charge in [-0.15, -0.1) is 11.3 Å². The van der Waals surface area contributed by atoms with E-state index < -0.39 is 11.7 Å². The lowest BCUT2D eigenvalue weighted by Gasteiger charge is -2.03. The zero-order valence-corrected chi connectivity index (χ0v) is 11.3. The Bertz CT molecular complexity index is 672. The molecule has 2 rings (SSSR count). The number of aromatic nitrogens is 1. The molecule has 0 unspecified atom stereocenters. The number of nitrogens with one attached hydrogen (secondary N) is 1. The van der Waals surface area contributed by atoms with Crippen molar-refractivity contribution in [3.8, 4) is 11.8 Å². The molecule has 3 N–H and O–H groups in total. The molecule has 0 aliphatic heterocycles. The molecule has 0 aliphatic carbocycles. The summed E-state index contributed by atoms with van der Waals surface area (Å²) >= 11 is 1.46. The molecule has 0 saturated heterocycles. The zero-order chi connectivity index (χ0) is 14.4. The number of nitrogens with zero attached hydrogens (tertiary/aromatic N) is 1. The lowest BCUT2D eigenvalue weighted by molar-refractivity contribution is 0.0947. The molecule has 0 fully saturated rings. The third-order valence-corrected chi connectivity index (χ3v) is 3.42. The Balaban J connectivity index is 1.97. The largest absolute Gasteiger partial charge is 0.347 e. The molecule has 2 aromatic rings. The number of amides is 1. The molecular weight excluding hydrogens is 277 g/mol. The van der Waals surface area contributed by atoms with Crippen molar-refractivity contribution in [3.05, 3.63) is 51.7 Å². The summed E-state index contributed by atoms with van der Waals surface area (Å²) in [7, 11) is 0. The Hall–Kier alpha value is -2.23. The normalized spacial score (nSPS) is 9.70. The van der Waals surface area contributed by atoms with Crippen LogP contribution in [-0.4, -0.2) is 17.4 Å². The van der Waals surface area contributed by atoms with E-state index in [0.717, 1.165) is 16.0 Å². The summed E-state index contributed by atoms with van der Waals surface area (Å²) in [6.45, 7) is 0.640. The van der Waals surface area contributed by atoms with E-state index in [0.29, 0.717) is 13.1 Å². The first kappa shape index (κ1) is 14.2. The molecule has 4 nitrogen and oxygen atoms in total. The van der Waals surface area contributed by atoms with Gasteiger partial charge in [-0.3, -0.25) is 9.78 Å². The predicted octanol–water partition coefficient (Wildman–Crippen LogP) is 1.52. The van der Waals surface area contributed by atoms with Gasteiger partial charge in [-0.25, -0.2) is 4.39 Å². The van der Waals surface area contributed by atoms with Crippen LogP contribution < -0.4 is 11.1 Å². The standard InChI is InChI=1S/C14H12FN3OS/c15-13-9-17-7-5-12(13)14(19)18-8-11-4-3-10(20-11)2-1-6-16/h3-5,7,9H,6,8,16H2,(H,18,19). The minimum atomic E-state index is -0.634. The van der Waals surface area contributed by atoms with Gasteiger partial charge in [0.1, 0.15) is 0 Å². The third kappa shape index (κ3) is 3.63. The van der Waals surface area contributed by atoms with E-state index in [1.54, 1.807) is 0 Å². The Morgan fingerprint density at radius 2 is 2.30 bits per heavy atom. The van der Waals surface area contributed by atoms with Gasteiger partial charge in [0.05, 0.1) is 29.7 Å². The monoisotopic (exact) mass is 289 g/mol. The van der Waals surface area contributed by atoms with Gasteiger partial charge in [0.2, 0.25) is 0 Å². The number of rotatable bonds is 3. The Kier molecular flexibility index (Phi) is 4.82. The van der Waals surface area contributed by atoms with E-state index in [2.05, 4.69) is 22.1 Å². The number of thiophene rings is 1. The molecule has 0 aromatic carbocycles. The number of pyridine rings is 1. The van der Waals surface area contributed by atoms with Gasteiger partial charge in [0, 0.05) is 11.1 Å². The van der Waals surface area contributed by atoms with E-state index in [1.165, 1.54) is 23.6 Å². The number of carbonyl (C=O) groups excluding carboxylic acids is 1. The van der Waals surface area contributed by atoms with Crippen LogP contribution in [-0.2, 0) is 6.54 Å². The van der Waals surface area contributed by atoms with Crippen molar-refractivity contribution < 1.29 is 9.18 Å². The van der Waals surface area contributed by atoms with Crippen molar-refractivity contribution in [2.45, 2.75) is 6.54 Å². The molecule has 0 atom stereocenters. The second-order valence-corrected chi connectivity index (χ2v) is 4.98. The van der Waals surface area contributed by atoms with Gasteiger partial charge < -0.3 is 11.1 Å². The van der Waals surface area contributed by atoms with E-state index >= 15 is 0 Å². The molecule has 6 heteroatoms. The second kappa shape index (κ2) is 6.80. The first-order valence-corrected chi connectivity index (χ1v) is 6.67. The fourth-order valence-corrected chi connectivity index (χ4v) is 2.32. The highest BCUT2D eigenvalue weighted by Gasteiger charge is 2.11. The summed E-state index contributed by atoms with van der Waals surface area (Å²) in [5, 5.41) is 2.66. The summed E-state index contributed by atoms with van der Waals surface area (Å²) in [6, 6.07) is 5.08. The van der Waals surface area contributed by atoms with E-state index in [9.17, 15) is 9.18 Å². The van der Waals surface area contributed by atoms with Gasteiger partial charge in [-0.05, 0) is 18.2 Å². The molecule has 0 aliphatic rings. The Morgan fingerprint density at radius 1 is 1.45 bits per heavy atom. The van der Waals surface area contributed by atoms with E-state index in [-0.39, 0.29) is 5.56 Å². The number of hydrogen-bond donors (Lipinski definition) is 2. The van der Waals surface area contributed by atoms with Gasteiger partial charge in [0.15, 0.2) is 5.82 Å². The summed E-state index contributed by atoms with van der Waals surface area (Å²) in [5.41, 5.74) is 5.28. The van der Waals surface area contributed by atoms with Crippen molar-refractivity contribution >= 4 is 17.2 Å². The fraction of sp³-hybridized carbons (Fsp3) is 0.143. The maximum absolute atomic E-state index is 13.4. The van der Waals surface area contributed by atoms with Crippen LogP contribution in [0.1, 0.15) is 20.1 Å². The molecule has 0 radical (unpaired) electrons. The number of nitrogens with two attached hydrogens (primary N) is 1. The van der Waals surface area contributed by atoms with Crippen molar-refractivity contribution in [2.75, 3.05) is 6.54 Å². The number of hydrogen-bond acceptors (Lipinski definition) is 4. The maximum atomic E-state index is 13.4. The van der Waals surface area contributed by atoms with Crippen LogP contribution in [0.15, 0.2) is 30.6 Å². The second-order valence-electron chi connectivity index (χ2n) is 3.81. The average molecular weight is 289 g/mol. The molecule has 2 heterocycles. The summed E-state index contributed by atoms with van der Waals surface area (Å²) in [6.07, 6.45) is 2.39. The highest BCUT2D eigenvalue weighted by atomic mass is 32.1. The maximum Gasteiger partial charge on any atom is 0.254 e. The number of halogens is 1. The predicted molar refractivity (Wildman–Crippen MR) is 75.6 cm³/mol. The topological polar surface area (TPSA) is 68.0 Å². The van der Waals surface area contributed by atoms with Crippen LogP contribution in [0.4, 0.5) is 4.39 Å². The molecular formula is C14H12FN3OS. The molecule has 0 bridgehead atoms. The molecule has 20 heavy (non-hydrogen) atoms. The Morgan fingerprint density at radius 3 is 3.05 bits per heavy atom. The summed E-state index contributed by atoms with van der Waals surface area (Å²) < 4.78 is 13.4. The van der Waals surface area contributed by atoms with Gasteiger partial charge in [-0.1, -0.05) is 11.8 Å². The fourth-order valence-electron chi connectivity index (χ4n) is 1.50. The van der Waals surface area contributed by atoms with Crippen LogP contribution in [0, 0.1) is 17.7 Å². The smallest absolute Gasteiger partial charge is 0.254 e. The van der Waals surface area contributed by atoms with E-state index in [4.69, 9.17) is 5.73 Å². The quantitative estimate of drug-likeness (QED) is 0.842. The first-order chi connectivity index (χ1) is 9.70. The summed E-state index contributed by atoms with van der Waals surface area (Å²) in [5.74, 6) is 4.58. The van der Waals surface area contributed by atoms with Crippen LogP contribution in [0.3, 0.4) is 0 Å². The average Bonchev–Trinajstić information content (AvgIpc) is 2.91. The highest BCUT2D eigenvalue weighted by molar-refractivity contribution is 7.12. The van der Waals surface area contributed by atoms with Crippen LogP contribution >= 0.6 is 11.3 Å². The molecule has 102 valence electrons. The molecule has 2 aromatic heterocycles. The SMILES string of the molecule is NCC#Cc1ccc(CNC(=O)c2ccncc2F)s1. The van der Waals surface area contributed by atoms with Crippen molar-refractivity contribution in [2.24, 2.45) is 5.73 Å².